The average molecular weight is 451 g/mol. The smallest absolute Gasteiger partial charge is 0.258 e. The molecule has 1 saturated carbocycles. The number of carbonyl (C=O) groups is 2. The molecule has 8 heteroatoms. The van der Waals surface area contributed by atoms with Crippen molar-refractivity contribution in [1.29, 1.82) is 0 Å². The van der Waals surface area contributed by atoms with Crippen LogP contribution in [0.15, 0.2) is 48.8 Å². The van der Waals surface area contributed by atoms with Crippen LogP contribution in [0.25, 0.3) is 0 Å². The maximum Gasteiger partial charge on any atom is 0.258 e. The van der Waals surface area contributed by atoms with E-state index in [9.17, 15) is 9.59 Å². The second kappa shape index (κ2) is 10.2. The fourth-order valence-electron chi connectivity index (χ4n) is 4.15. The number of nitrogens with one attached hydrogen (secondary N) is 2. The van der Waals surface area contributed by atoms with Gasteiger partial charge in [0.15, 0.2) is 0 Å². The van der Waals surface area contributed by atoms with E-state index in [-0.39, 0.29) is 48.0 Å². The molecule has 2 fully saturated rings. The van der Waals surface area contributed by atoms with Crippen LogP contribution in [0.1, 0.15) is 35.2 Å². The lowest BCUT2D eigenvalue weighted by Gasteiger charge is -2.23. The third-order valence-corrected chi connectivity index (χ3v) is 6.13. The Labute approximate surface area is 189 Å². The lowest BCUT2D eigenvalue weighted by atomic mass is 9.92. The highest BCUT2D eigenvalue weighted by Gasteiger charge is 2.57. The van der Waals surface area contributed by atoms with Crippen LogP contribution in [0.5, 0.6) is 0 Å². The molecule has 2 aromatic rings. The lowest BCUT2D eigenvalue weighted by Crippen LogP contribution is -2.33. The van der Waals surface area contributed by atoms with Gasteiger partial charge in [0.2, 0.25) is 5.91 Å². The number of pyridine rings is 1. The van der Waals surface area contributed by atoms with Crippen molar-refractivity contribution in [1.82, 2.24) is 15.6 Å². The molecule has 2 heterocycles. The van der Waals surface area contributed by atoms with E-state index >= 15 is 0 Å². The minimum atomic E-state index is -0.0792. The van der Waals surface area contributed by atoms with Gasteiger partial charge in [-0.1, -0.05) is 12.1 Å². The molecule has 6 nitrogen and oxygen atoms in total. The molecule has 162 valence electrons. The van der Waals surface area contributed by atoms with E-state index in [1.807, 2.05) is 24.3 Å². The van der Waals surface area contributed by atoms with Gasteiger partial charge in [0.25, 0.3) is 5.91 Å². The third kappa shape index (κ3) is 5.12. The van der Waals surface area contributed by atoms with E-state index < -0.39 is 0 Å². The van der Waals surface area contributed by atoms with Crippen LogP contribution in [-0.4, -0.2) is 36.9 Å². The summed E-state index contributed by atoms with van der Waals surface area (Å²) in [4.78, 5) is 30.6. The van der Waals surface area contributed by atoms with Gasteiger partial charge in [0.05, 0.1) is 0 Å². The Kier molecular flexibility index (Phi) is 8.24. The first-order chi connectivity index (χ1) is 13.6. The zero-order valence-corrected chi connectivity index (χ0v) is 18.6. The minimum absolute atomic E-state index is 0. The molecule has 4 rings (SSSR count). The molecule has 1 aromatic carbocycles. The molecule has 1 saturated heterocycles. The summed E-state index contributed by atoms with van der Waals surface area (Å²) >= 11 is 0. The maximum atomic E-state index is 12.5. The Balaban J connectivity index is 0.00000160. The van der Waals surface area contributed by atoms with Gasteiger partial charge in [-0.2, -0.15) is 0 Å². The Bertz CT molecular complexity index is 855. The summed E-state index contributed by atoms with van der Waals surface area (Å²) in [6.07, 6.45) is 6.47. The van der Waals surface area contributed by atoms with Crippen LogP contribution in [-0.2, 0) is 11.3 Å². The van der Waals surface area contributed by atoms with Crippen molar-refractivity contribution in [3.8, 4) is 0 Å². The predicted molar refractivity (Wildman–Crippen MR) is 122 cm³/mol. The number of anilines is 1. The molecular weight excluding hydrogens is 423 g/mol. The number of carbonyl (C=O) groups excluding carboxylic acids is 2. The van der Waals surface area contributed by atoms with Crippen LogP contribution in [0, 0.1) is 11.3 Å². The summed E-state index contributed by atoms with van der Waals surface area (Å²) in [5, 5.41) is 6.45. The van der Waals surface area contributed by atoms with E-state index in [2.05, 4.69) is 15.6 Å². The topological polar surface area (TPSA) is 74.3 Å². The zero-order chi connectivity index (χ0) is 19.6. The zero-order valence-electron chi connectivity index (χ0n) is 17.0. The Hall–Kier alpha value is -2.15. The number of rotatable bonds is 5. The fraction of sp³-hybridized carbons (Fsp3) is 0.409. The van der Waals surface area contributed by atoms with Gasteiger partial charge in [-0.3, -0.25) is 14.6 Å². The number of aromatic nitrogens is 1. The van der Waals surface area contributed by atoms with E-state index in [0.717, 1.165) is 43.6 Å². The van der Waals surface area contributed by atoms with Gasteiger partial charge in [-0.25, -0.2) is 0 Å². The van der Waals surface area contributed by atoms with E-state index in [0.29, 0.717) is 12.1 Å². The summed E-state index contributed by atoms with van der Waals surface area (Å²) in [5.41, 5.74) is 2.70. The number of hydrogen-bond acceptors (Lipinski definition) is 4. The van der Waals surface area contributed by atoms with E-state index in [4.69, 9.17) is 0 Å². The van der Waals surface area contributed by atoms with Crippen molar-refractivity contribution < 1.29 is 9.59 Å². The fourth-order valence-corrected chi connectivity index (χ4v) is 4.15. The molecule has 1 atom stereocenters. The quantitative estimate of drug-likeness (QED) is 0.733. The highest BCUT2D eigenvalue weighted by molar-refractivity contribution is 6.05. The number of piperidine rings is 1. The molecule has 2 N–H and O–H groups in total. The molecule has 1 aliphatic heterocycles. The van der Waals surface area contributed by atoms with Crippen LogP contribution in [0.4, 0.5) is 5.69 Å². The van der Waals surface area contributed by atoms with Gasteiger partial charge in [-0.05, 0) is 67.6 Å². The number of benzene rings is 1. The highest BCUT2D eigenvalue weighted by atomic mass is 35.5. The predicted octanol–water partition coefficient (Wildman–Crippen LogP) is 3.21. The van der Waals surface area contributed by atoms with Crippen molar-refractivity contribution in [2.75, 3.05) is 25.0 Å². The summed E-state index contributed by atoms with van der Waals surface area (Å²) < 4.78 is 0. The molecule has 0 bridgehead atoms. The summed E-state index contributed by atoms with van der Waals surface area (Å²) in [5.74, 6) is 0.276. The number of halogens is 2. The largest absolute Gasteiger partial charge is 0.352 e. The molecule has 1 spiro atoms. The number of nitrogens with zero attached hydrogens (tertiary/aromatic N) is 2. The summed E-state index contributed by atoms with van der Waals surface area (Å²) in [6.45, 7) is 2.57. The molecule has 1 aromatic heterocycles. The van der Waals surface area contributed by atoms with Crippen molar-refractivity contribution in [2.45, 2.75) is 25.8 Å². The van der Waals surface area contributed by atoms with Crippen LogP contribution < -0.4 is 15.5 Å². The molecule has 2 amide bonds. The van der Waals surface area contributed by atoms with Crippen molar-refractivity contribution in [2.24, 2.45) is 11.3 Å². The SMILES string of the molecule is CN(C(=O)c1ccncc1)c1ccc(CNC(=O)C2CC23CCNCC3)cc1.Cl.Cl. The standard InChI is InChI=1S/C22H26N4O2.2ClH/c1-26(21(28)17-6-10-23-11-7-17)18-4-2-16(3-5-18)15-25-20(27)19-14-22(19)8-12-24-13-9-22;;/h2-7,10-11,19,24H,8-9,12-15H2,1H3,(H,25,27);2*1H. The number of hydrogen-bond donors (Lipinski definition) is 2. The summed E-state index contributed by atoms with van der Waals surface area (Å²) in [7, 11) is 1.76. The van der Waals surface area contributed by atoms with Gasteiger partial charge in [0.1, 0.15) is 0 Å². The number of amides is 2. The van der Waals surface area contributed by atoms with Gasteiger partial charge in [0, 0.05) is 43.2 Å². The Morgan fingerprint density at radius 3 is 2.37 bits per heavy atom. The van der Waals surface area contributed by atoms with Gasteiger partial charge >= 0.3 is 0 Å². The lowest BCUT2D eigenvalue weighted by molar-refractivity contribution is -0.123. The maximum absolute atomic E-state index is 12.5. The van der Waals surface area contributed by atoms with Crippen LogP contribution in [0.2, 0.25) is 0 Å². The first-order valence-electron chi connectivity index (χ1n) is 9.84. The normalized spacial score (nSPS) is 18.5. The second-order valence-corrected chi connectivity index (χ2v) is 7.85. The van der Waals surface area contributed by atoms with Crippen molar-refractivity contribution >= 4 is 42.3 Å². The molecular formula is C22H28Cl2N4O2. The minimum Gasteiger partial charge on any atom is -0.352 e. The van der Waals surface area contributed by atoms with E-state index in [1.165, 1.54) is 0 Å². The third-order valence-electron chi connectivity index (χ3n) is 6.13. The van der Waals surface area contributed by atoms with Crippen LogP contribution in [0.3, 0.4) is 0 Å². The molecule has 2 aliphatic rings. The second-order valence-electron chi connectivity index (χ2n) is 7.85. The summed E-state index contributed by atoms with van der Waals surface area (Å²) in [6, 6.07) is 11.1. The first-order valence-corrected chi connectivity index (χ1v) is 9.84. The van der Waals surface area contributed by atoms with Gasteiger partial charge < -0.3 is 15.5 Å². The van der Waals surface area contributed by atoms with E-state index in [1.54, 1.807) is 36.5 Å². The Morgan fingerprint density at radius 1 is 1.10 bits per heavy atom. The molecule has 1 aliphatic carbocycles. The van der Waals surface area contributed by atoms with Gasteiger partial charge in [-0.15, -0.1) is 24.8 Å². The molecule has 1 unspecified atom stereocenters. The monoisotopic (exact) mass is 450 g/mol. The molecule has 0 radical (unpaired) electrons. The van der Waals surface area contributed by atoms with Crippen LogP contribution >= 0.6 is 24.8 Å². The first kappa shape index (κ1) is 24.1. The van der Waals surface area contributed by atoms with Crippen molar-refractivity contribution in [3.63, 3.8) is 0 Å². The highest BCUT2D eigenvalue weighted by Crippen LogP contribution is 2.58. The molecule has 30 heavy (non-hydrogen) atoms. The Morgan fingerprint density at radius 2 is 1.73 bits per heavy atom. The van der Waals surface area contributed by atoms with Crippen molar-refractivity contribution in [3.05, 3.63) is 59.9 Å². The average Bonchev–Trinajstić information content (AvgIpc) is 3.45.